The van der Waals surface area contributed by atoms with E-state index in [2.05, 4.69) is 20.9 Å². The van der Waals surface area contributed by atoms with Crippen LogP contribution < -0.4 is 4.74 Å². The van der Waals surface area contributed by atoms with Gasteiger partial charge in [-0.1, -0.05) is 22.0 Å². The summed E-state index contributed by atoms with van der Waals surface area (Å²) < 4.78 is 6.66. The minimum Gasteiger partial charge on any atom is -0.439 e. The van der Waals surface area contributed by atoms with E-state index >= 15 is 0 Å². The van der Waals surface area contributed by atoms with Gasteiger partial charge in [0, 0.05) is 16.7 Å². The second-order valence-electron chi connectivity index (χ2n) is 4.12. The van der Waals surface area contributed by atoms with Crippen molar-refractivity contribution in [3.05, 3.63) is 52.1 Å². The van der Waals surface area contributed by atoms with Gasteiger partial charge in [-0.25, -0.2) is 4.98 Å². The summed E-state index contributed by atoms with van der Waals surface area (Å²) >= 11 is 3.41. The summed E-state index contributed by atoms with van der Waals surface area (Å²) in [6.45, 7) is 3.68. The molecule has 2 aromatic rings. The Morgan fingerprint density at radius 2 is 2.06 bits per heavy atom. The lowest BCUT2D eigenvalue weighted by atomic mass is 10.2. The Kier molecular flexibility index (Phi) is 3.99. The minimum absolute atomic E-state index is 0.514. The number of aliphatic hydroxyl groups excluding tert-OH is 1. The second kappa shape index (κ2) is 5.50. The van der Waals surface area contributed by atoms with Crippen LogP contribution in [0.2, 0.25) is 0 Å². The molecule has 1 unspecified atom stereocenters. The van der Waals surface area contributed by atoms with Crippen molar-refractivity contribution in [1.82, 2.24) is 4.98 Å². The van der Waals surface area contributed by atoms with E-state index in [-0.39, 0.29) is 0 Å². The number of halogens is 1. The number of aryl methyl sites for hydroxylation is 1. The smallest absolute Gasteiger partial charge is 0.219 e. The van der Waals surface area contributed by atoms with Crippen molar-refractivity contribution in [3.63, 3.8) is 0 Å². The number of hydrogen-bond donors (Lipinski definition) is 1. The van der Waals surface area contributed by atoms with Gasteiger partial charge in [-0.3, -0.25) is 0 Å². The van der Waals surface area contributed by atoms with E-state index < -0.39 is 6.10 Å². The van der Waals surface area contributed by atoms with Gasteiger partial charge in [-0.05, 0) is 43.2 Å². The summed E-state index contributed by atoms with van der Waals surface area (Å²) in [6, 6.07) is 9.40. The predicted octanol–water partition coefficient (Wildman–Crippen LogP) is 4.00. The molecule has 4 heteroatoms. The number of rotatable bonds is 3. The summed E-state index contributed by atoms with van der Waals surface area (Å²) in [4.78, 5) is 4.17. The first-order chi connectivity index (χ1) is 8.56. The Balaban J connectivity index is 2.21. The molecule has 1 heterocycles. The zero-order chi connectivity index (χ0) is 13.1. The lowest BCUT2D eigenvalue weighted by Gasteiger charge is -2.09. The van der Waals surface area contributed by atoms with Crippen LogP contribution in [0.1, 0.15) is 24.2 Å². The third kappa shape index (κ3) is 3.09. The summed E-state index contributed by atoms with van der Waals surface area (Å²) in [5.74, 6) is 1.28. The molecule has 0 saturated carbocycles. The van der Waals surface area contributed by atoms with Gasteiger partial charge in [-0.15, -0.1) is 0 Å². The zero-order valence-electron chi connectivity index (χ0n) is 10.2. The number of ether oxygens (including phenoxy) is 1. The van der Waals surface area contributed by atoms with Crippen molar-refractivity contribution in [2.24, 2.45) is 0 Å². The summed E-state index contributed by atoms with van der Waals surface area (Å²) in [5, 5.41) is 9.40. The molecule has 0 saturated heterocycles. The fraction of sp³-hybridized carbons (Fsp3) is 0.214. The van der Waals surface area contributed by atoms with Crippen molar-refractivity contribution in [1.29, 1.82) is 0 Å². The average Bonchev–Trinajstić information content (AvgIpc) is 2.34. The number of nitrogens with zero attached hydrogens (tertiary/aromatic N) is 1. The van der Waals surface area contributed by atoms with Gasteiger partial charge in [0.1, 0.15) is 5.75 Å². The first-order valence-electron chi connectivity index (χ1n) is 5.64. The molecule has 0 spiro atoms. The van der Waals surface area contributed by atoms with E-state index in [1.54, 1.807) is 25.3 Å². The standard InChI is InChI=1S/C14H14BrNO2/c1-9-3-5-12(15)7-13(9)18-14-6-4-11(8-16-14)10(2)17/h3-8,10,17H,1-2H3. The van der Waals surface area contributed by atoms with E-state index in [9.17, 15) is 5.11 Å². The van der Waals surface area contributed by atoms with Gasteiger partial charge in [-0.2, -0.15) is 0 Å². The highest BCUT2D eigenvalue weighted by Crippen LogP contribution is 2.27. The normalized spacial score (nSPS) is 12.2. The zero-order valence-corrected chi connectivity index (χ0v) is 11.8. The molecule has 0 fully saturated rings. The van der Waals surface area contributed by atoms with Crippen LogP contribution in [0.4, 0.5) is 0 Å². The third-order valence-electron chi connectivity index (χ3n) is 2.61. The highest BCUT2D eigenvalue weighted by molar-refractivity contribution is 9.10. The molecule has 0 aliphatic carbocycles. The molecule has 0 aliphatic heterocycles. The maximum atomic E-state index is 9.40. The maximum Gasteiger partial charge on any atom is 0.219 e. The van der Waals surface area contributed by atoms with Crippen LogP contribution in [0.3, 0.4) is 0 Å². The lowest BCUT2D eigenvalue weighted by molar-refractivity contribution is 0.198. The van der Waals surface area contributed by atoms with Gasteiger partial charge >= 0.3 is 0 Å². The van der Waals surface area contributed by atoms with Crippen LogP contribution in [0.15, 0.2) is 41.0 Å². The van der Waals surface area contributed by atoms with Gasteiger partial charge in [0.15, 0.2) is 0 Å². The van der Waals surface area contributed by atoms with Crippen LogP contribution in [0.25, 0.3) is 0 Å². The number of aromatic nitrogens is 1. The van der Waals surface area contributed by atoms with Crippen LogP contribution in [-0.2, 0) is 0 Å². The molecule has 18 heavy (non-hydrogen) atoms. The number of hydrogen-bond acceptors (Lipinski definition) is 3. The SMILES string of the molecule is Cc1ccc(Br)cc1Oc1ccc(C(C)O)cn1. The average molecular weight is 308 g/mol. The summed E-state index contributed by atoms with van der Waals surface area (Å²) in [5.41, 5.74) is 1.81. The number of pyridine rings is 1. The van der Waals surface area contributed by atoms with Crippen molar-refractivity contribution in [2.75, 3.05) is 0 Å². The Morgan fingerprint density at radius 3 is 2.67 bits per heavy atom. The van der Waals surface area contributed by atoms with Gasteiger partial charge in [0.05, 0.1) is 6.10 Å². The fourth-order valence-corrected chi connectivity index (χ4v) is 1.84. The highest BCUT2D eigenvalue weighted by Gasteiger charge is 2.05. The molecule has 1 aromatic heterocycles. The predicted molar refractivity (Wildman–Crippen MR) is 73.8 cm³/mol. The topological polar surface area (TPSA) is 42.4 Å². The van der Waals surface area contributed by atoms with E-state index in [1.165, 1.54) is 0 Å². The molecule has 2 rings (SSSR count). The molecule has 1 atom stereocenters. The quantitative estimate of drug-likeness (QED) is 0.932. The third-order valence-corrected chi connectivity index (χ3v) is 3.10. The first kappa shape index (κ1) is 13.1. The Labute approximate surface area is 115 Å². The monoisotopic (exact) mass is 307 g/mol. The molecular formula is C14H14BrNO2. The molecule has 1 N–H and O–H groups in total. The summed E-state index contributed by atoms with van der Waals surface area (Å²) in [6.07, 6.45) is 1.10. The Hall–Kier alpha value is -1.39. The van der Waals surface area contributed by atoms with E-state index in [4.69, 9.17) is 4.74 Å². The first-order valence-corrected chi connectivity index (χ1v) is 6.43. The Bertz CT molecular complexity index is 538. The van der Waals surface area contributed by atoms with Crippen molar-refractivity contribution < 1.29 is 9.84 Å². The minimum atomic E-state index is -0.515. The molecule has 3 nitrogen and oxygen atoms in total. The van der Waals surface area contributed by atoms with Gasteiger partial charge < -0.3 is 9.84 Å². The maximum absolute atomic E-state index is 9.40. The van der Waals surface area contributed by atoms with E-state index in [0.29, 0.717) is 5.88 Å². The van der Waals surface area contributed by atoms with Crippen molar-refractivity contribution >= 4 is 15.9 Å². The summed E-state index contributed by atoms with van der Waals surface area (Å²) in [7, 11) is 0. The van der Waals surface area contributed by atoms with Gasteiger partial charge in [0.2, 0.25) is 5.88 Å². The second-order valence-corrected chi connectivity index (χ2v) is 5.03. The molecule has 0 aliphatic rings. The molecule has 0 amide bonds. The Morgan fingerprint density at radius 1 is 1.28 bits per heavy atom. The van der Waals surface area contributed by atoms with Crippen LogP contribution in [0.5, 0.6) is 11.6 Å². The van der Waals surface area contributed by atoms with Crippen molar-refractivity contribution in [3.8, 4) is 11.6 Å². The van der Waals surface area contributed by atoms with Crippen molar-refractivity contribution in [2.45, 2.75) is 20.0 Å². The fourth-order valence-electron chi connectivity index (χ4n) is 1.50. The number of benzene rings is 1. The molecule has 0 radical (unpaired) electrons. The molecule has 0 bridgehead atoms. The van der Waals surface area contributed by atoms with E-state index in [1.807, 2.05) is 25.1 Å². The molecule has 1 aromatic carbocycles. The van der Waals surface area contributed by atoms with E-state index in [0.717, 1.165) is 21.3 Å². The molecular weight excluding hydrogens is 294 g/mol. The number of aliphatic hydroxyl groups is 1. The largest absolute Gasteiger partial charge is 0.439 e. The van der Waals surface area contributed by atoms with Crippen LogP contribution in [0, 0.1) is 6.92 Å². The van der Waals surface area contributed by atoms with Crippen LogP contribution >= 0.6 is 15.9 Å². The van der Waals surface area contributed by atoms with Crippen LogP contribution in [-0.4, -0.2) is 10.1 Å². The molecule has 94 valence electrons. The highest BCUT2D eigenvalue weighted by atomic mass is 79.9. The lowest BCUT2D eigenvalue weighted by Crippen LogP contribution is -1.94. The van der Waals surface area contributed by atoms with Gasteiger partial charge in [0.25, 0.3) is 0 Å².